The van der Waals surface area contributed by atoms with E-state index in [1.54, 1.807) is 7.11 Å². The number of carbonyl (C=O) groups excluding carboxylic acids is 2. The molecule has 152 valence electrons. The van der Waals surface area contributed by atoms with Crippen LogP contribution >= 0.6 is 0 Å². The van der Waals surface area contributed by atoms with Crippen molar-refractivity contribution in [2.24, 2.45) is 11.8 Å². The third kappa shape index (κ3) is 4.21. The first-order chi connectivity index (χ1) is 14.1. The Morgan fingerprint density at radius 1 is 1.00 bits per heavy atom. The number of nitrogens with zero attached hydrogens (tertiary/aromatic N) is 2. The Morgan fingerprint density at radius 3 is 2.41 bits per heavy atom. The summed E-state index contributed by atoms with van der Waals surface area (Å²) >= 11 is 0. The minimum Gasteiger partial charge on any atom is -0.495 e. The number of hydrogen-bond donors (Lipinski definition) is 1. The van der Waals surface area contributed by atoms with Crippen LogP contribution in [0.25, 0.3) is 0 Å². The highest BCUT2D eigenvalue weighted by molar-refractivity contribution is 6.00. The topological polar surface area (TPSA) is 61.9 Å². The third-order valence-corrected chi connectivity index (χ3v) is 5.77. The van der Waals surface area contributed by atoms with Crippen molar-refractivity contribution in [3.05, 3.63) is 54.1 Å². The van der Waals surface area contributed by atoms with E-state index in [4.69, 9.17) is 4.74 Å². The van der Waals surface area contributed by atoms with Crippen LogP contribution in [-0.4, -0.2) is 50.0 Å². The normalized spacial score (nSPS) is 20.9. The lowest BCUT2D eigenvalue weighted by atomic mass is 10.2. The van der Waals surface area contributed by atoms with Gasteiger partial charge in [-0.1, -0.05) is 24.3 Å². The standard InChI is InChI=1S/C23H27N3O3/c1-16-8-9-21(29-2)20(14-16)24-22(27)18-15-19(18)23(28)26-12-10-25(11-13-26)17-6-4-3-5-7-17/h3-9,14,18-19H,10-13,15H2,1-2H3,(H,24,27). The van der Waals surface area contributed by atoms with Gasteiger partial charge < -0.3 is 19.9 Å². The highest BCUT2D eigenvalue weighted by Gasteiger charge is 2.49. The molecule has 2 amide bonds. The summed E-state index contributed by atoms with van der Waals surface area (Å²) in [7, 11) is 1.58. The molecule has 2 aromatic carbocycles. The van der Waals surface area contributed by atoms with Gasteiger partial charge in [0.05, 0.1) is 24.6 Å². The number of para-hydroxylation sites is 1. The number of carbonyl (C=O) groups is 2. The number of rotatable bonds is 5. The maximum absolute atomic E-state index is 12.9. The predicted molar refractivity (Wildman–Crippen MR) is 113 cm³/mol. The van der Waals surface area contributed by atoms with E-state index in [0.717, 1.165) is 18.7 Å². The summed E-state index contributed by atoms with van der Waals surface area (Å²) in [4.78, 5) is 29.7. The minimum atomic E-state index is -0.250. The van der Waals surface area contributed by atoms with Crippen molar-refractivity contribution in [3.8, 4) is 5.75 Å². The van der Waals surface area contributed by atoms with Crippen LogP contribution in [0.1, 0.15) is 12.0 Å². The molecule has 0 bridgehead atoms. The largest absolute Gasteiger partial charge is 0.495 e. The number of benzene rings is 2. The van der Waals surface area contributed by atoms with E-state index in [1.807, 2.05) is 48.2 Å². The molecule has 1 saturated carbocycles. The number of ether oxygens (including phenoxy) is 1. The Kier molecular flexibility index (Phi) is 5.43. The Morgan fingerprint density at radius 2 is 1.72 bits per heavy atom. The van der Waals surface area contributed by atoms with Gasteiger partial charge in [-0.3, -0.25) is 9.59 Å². The van der Waals surface area contributed by atoms with Gasteiger partial charge in [0, 0.05) is 31.9 Å². The molecule has 0 aromatic heterocycles. The average Bonchev–Trinajstić information content (AvgIpc) is 3.55. The van der Waals surface area contributed by atoms with Gasteiger partial charge in [-0.15, -0.1) is 0 Å². The van der Waals surface area contributed by atoms with E-state index in [2.05, 4.69) is 22.3 Å². The molecule has 2 aromatic rings. The van der Waals surface area contributed by atoms with Crippen LogP contribution in [0.5, 0.6) is 5.75 Å². The van der Waals surface area contributed by atoms with E-state index in [0.29, 0.717) is 30.9 Å². The summed E-state index contributed by atoms with van der Waals surface area (Å²) in [5, 5.41) is 2.94. The first kappa shape index (κ1) is 19.3. The van der Waals surface area contributed by atoms with Gasteiger partial charge in [0.1, 0.15) is 5.75 Å². The fourth-order valence-electron chi connectivity index (χ4n) is 3.96. The van der Waals surface area contributed by atoms with Gasteiger partial charge in [-0.2, -0.15) is 0 Å². The van der Waals surface area contributed by atoms with Crippen LogP contribution in [0.3, 0.4) is 0 Å². The zero-order chi connectivity index (χ0) is 20.4. The summed E-state index contributed by atoms with van der Waals surface area (Å²) in [6.07, 6.45) is 0.623. The van der Waals surface area contributed by atoms with Gasteiger partial charge in [-0.05, 0) is 43.2 Å². The summed E-state index contributed by atoms with van der Waals surface area (Å²) in [6, 6.07) is 15.9. The molecule has 2 unspecified atom stereocenters. The summed E-state index contributed by atoms with van der Waals surface area (Å²) in [6.45, 7) is 5.00. The number of aryl methyl sites for hydroxylation is 1. The fourth-order valence-corrected chi connectivity index (χ4v) is 3.96. The molecule has 6 heteroatoms. The molecule has 1 aliphatic heterocycles. The zero-order valence-electron chi connectivity index (χ0n) is 16.9. The van der Waals surface area contributed by atoms with Crippen LogP contribution in [0.2, 0.25) is 0 Å². The van der Waals surface area contributed by atoms with Crippen LogP contribution in [0.15, 0.2) is 48.5 Å². The van der Waals surface area contributed by atoms with E-state index in [9.17, 15) is 9.59 Å². The molecular weight excluding hydrogens is 366 g/mol. The number of anilines is 2. The monoisotopic (exact) mass is 393 g/mol. The molecule has 4 rings (SSSR count). The summed E-state index contributed by atoms with van der Waals surface area (Å²) < 4.78 is 5.32. The van der Waals surface area contributed by atoms with Crippen molar-refractivity contribution in [2.75, 3.05) is 43.5 Å². The van der Waals surface area contributed by atoms with Crippen molar-refractivity contribution < 1.29 is 14.3 Å². The Labute approximate surface area is 171 Å². The highest BCUT2D eigenvalue weighted by atomic mass is 16.5. The van der Waals surface area contributed by atoms with Gasteiger partial charge in [0.15, 0.2) is 0 Å². The third-order valence-electron chi connectivity index (χ3n) is 5.77. The molecule has 0 radical (unpaired) electrons. The SMILES string of the molecule is COc1ccc(C)cc1NC(=O)C1CC1C(=O)N1CCN(c2ccccc2)CC1. The highest BCUT2D eigenvalue weighted by Crippen LogP contribution is 2.41. The molecule has 1 heterocycles. The Bertz CT molecular complexity index is 891. The molecule has 2 atom stereocenters. The smallest absolute Gasteiger partial charge is 0.228 e. The van der Waals surface area contributed by atoms with Crippen molar-refractivity contribution >= 4 is 23.2 Å². The van der Waals surface area contributed by atoms with Crippen molar-refractivity contribution in [1.29, 1.82) is 0 Å². The lowest BCUT2D eigenvalue weighted by molar-refractivity contribution is -0.134. The van der Waals surface area contributed by atoms with Crippen LogP contribution in [0, 0.1) is 18.8 Å². The van der Waals surface area contributed by atoms with Gasteiger partial charge in [0.2, 0.25) is 11.8 Å². The molecule has 1 aliphatic carbocycles. The number of methoxy groups -OCH3 is 1. The molecule has 1 N–H and O–H groups in total. The van der Waals surface area contributed by atoms with Crippen molar-refractivity contribution in [1.82, 2.24) is 4.90 Å². The number of hydrogen-bond acceptors (Lipinski definition) is 4. The maximum Gasteiger partial charge on any atom is 0.228 e. The molecule has 2 aliphatic rings. The Balaban J connectivity index is 1.31. The zero-order valence-corrected chi connectivity index (χ0v) is 16.9. The first-order valence-corrected chi connectivity index (χ1v) is 10.1. The number of nitrogens with one attached hydrogen (secondary N) is 1. The van der Waals surface area contributed by atoms with Crippen LogP contribution < -0.4 is 15.0 Å². The minimum absolute atomic E-state index is 0.102. The summed E-state index contributed by atoms with van der Waals surface area (Å²) in [5.74, 6) is 0.183. The fraction of sp³-hybridized carbons (Fsp3) is 0.391. The van der Waals surface area contributed by atoms with Gasteiger partial charge in [-0.25, -0.2) is 0 Å². The molecule has 2 fully saturated rings. The Hall–Kier alpha value is -3.02. The van der Waals surface area contributed by atoms with Crippen molar-refractivity contribution in [3.63, 3.8) is 0 Å². The second-order valence-corrected chi connectivity index (χ2v) is 7.79. The summed E-state index contributed by atoms with van der Waals surface area (Å²) in [5.41, 5.74) is 2.89. The average molecular weight is 393 g/mol. The number of amides is 2. The number of piperazine rings is 1. The lowest BCUT2D eigenvalue weighted by Crippen LogP contribution is -2.49. The predicted octanol–water partition coefficient (Wildman–Crippen LogP) is 2.93. The van der Waals surface area contributed by atoms with Crippen molar-refractivity contribution in [2.45, 2.75) is 13.3 Å². The first-order valence-electron chi connectivity index (χ1n) is 10.1. The van der Waals surface area contributed by atoms with Crippen LogP contribution in [-0.2, 0) is 9.59 Å². The second kappa shape index (κ2) is 8.15. The molecular formula is C23H27N3O3. The van der Waals surface area contributed by atoms with Gasteiger partial charge >= 0.3 is 0 Å². The maximum atomic E-state index is 12.9. The molecule has 6 nitrogen and oxygen atoms in total. The lowest BCUT2D eigenvalue weighted by Gasteiger charge is -2.36. The molecule has 0 spiro atoms. The molecule has 1 saturated heterocycles. The van der Waals surface area contributed by atoms with E-state index >= 15 is 0 Å². The van der Waals surface area contributed by atoms with Gasteiger partial charge in [0.25, 0.3) is 0 Å². The second-order valence-electron chi connectivity index (χ2n) is 7.79. The quantitative estimate of drug-likeness (QED) is 0.849. The van der Waals surface area contributed by atoms with E-state index in [-0.39, 0.29) is 23.7 Å². The van der Waals surface area contributed by atoms with E-state index < -0.39 is 0 Å². The van der Waals surface area contributed by atoms with E-state index in [1.165, 1.54) is 5.69 Å². The van der Waals surface area contributed by atoms with Crippen LogP contribution in [0.4, 0.5) is 11.4 Å². The molecule has 29 heavy (non-hydrogen) atoms.